The Balaban J connectivity index is 2.40. The van der Waals surface area contributed by atoms with E-state index >= 15 is 0 Å². The number of aromatic nitrogens is 1. The van der Waals surface area contributed by atoms with E-state index in [0.29, 0.717) is 4.70 Å². The van der Waals surface area contributed by atoms with Gasteiger partial charge in [-0.2, -0.15) is 0 Å². The Morgan fingerprint density at radius 3 is 2.75 bits per heavy atom. The van der Waals surface area contributed by atoms with Gasteiger partial charge in [-0.05, 0) is 31.5 Å². The van der Waals surface area contributed by atoms with Gasteiger partial charge in [0.1, 0.15) is 0 Å². The van der Waals surface area contributed by atoms with E-state index in [2.05, 4.69) is 4.72 Å². The summed E-state index contributed by atoms with van der Waals surface area (Å²) in [5, 5.41) is 0. The van der Waals surface area contributed by atoms with Crippen LogP contribution in [0.15, 0.2) is 27.9 Å². The third-order valence-electron chi connectivity index (χ3n) is 3.15. The van der Waals surface area contributed by atoms with E-state index in [1.165, 1.54) is 10.6 Å². The summed E-state index contributed by atoms with van der Waals surface area (Å²) in [6.07, 6.45) is 1.71. The summed E-state index contributed by atoms with van der Waals surface area (Å²) < 4.78 is 29.4. The van der Waals surface area contributed by atoms with Crippen LogP contribution < -0.4 is 9.60 Å². The van der Waals surface area contributed by atoms with Crippen molar-refractivity contribution in [2.75, 3.05) is 0 Å². The minimum absolute atomic E-state index is 0.0955. The molecule has 0 saturated heterocycles. The molecule has 0 spiro atoms. The zero-order valence-electron chi connectivity index (χ0n) is 11.7. The smallest absolute Gasteiger partial charge is 0.302 e. The molecule has 0 aliphatic heterocycles. The van der Waals surface area contributed by atoms with Crippen LogP contribution in [-0.2, 0) is 17.1 Å². The summed E-state index contributed by atoms with van der Waals surface area (Å²) in [5.74, 6) is 0. The SMILES string of the molecule is CCC[C@H](C)NS(=O)(=O)c1ccc2c(c1)sc(=O)n2C. The van der Waals surface area contributed by atoms with E-state index in [1.807, 2.05) is 13.8 Å². The third kappa shape index (κ3) is 2.94. The second-order valence-electron chi connectivity index (χ2n) is 4.87. The highest BCUT2D eigenvalue weighted by Crippen LogP contribution is 2.21. The van der Waals surface area contributed by atoms with E-state index in [9.17, 15) is 13.2 Å². The maximum Gasteiger partial charge on any atom is 0.307 e. The molecule has 7 heteroatoms. The Kier molecular flexibility index (Phi) is 4.31. The van der Waals surface area contributed by atoms with Crippen LogP contribution in [0.25, 0.3) is 10.2 Å². The van der Waals surface area contributed by atoms with E-state index in [0.717, 1.165) is 29.7 Å². The average Bonchev–Trinajstić information content (AvgIpc) is 2.64. The monoisotopic (exact) mass is 314 g/mol. The van der Waals surface area contributed by atoms with E-state index in [-0.39, 0.29) is 15.8 Å². The van der Waals surface area contributed by atoms with Gasteiger partial charge in [0.2, 0.25) is 10.0 Å². The molecule has 110 valence electrons. The molecule has 2 rings (SSSR count). The Hall–Kier alpha value is -1.18. The van der Waals surface area contributed by atoms with Crippen molar-refractivity contribution in [1.82, 2.24) is 9.29 Å². The van der Waals surface area contributed by atoms with Crippen molar-refractivity contribution >= 4 is 31.6 Å². The molecule has 1 heterocycles. The molecule has 1 aromatic heterocycles. The van der Waals surface area contributed by atoms with Crippen molar-refractivity contribution in [3.63, 3.8) is 0 Å². The fourth-order valence-corrected chi connectivity index (χ4v) is 4.40. The van der Waals surface area contributed by atoms with Crippen molar-refractivity contribution in [2.45, 2.75) is 37.6 Å². The van der Waals surface area contributed by atoms with E-state index in [4.69, 9.17) is 0 Å². The fourth-order valence-electron chi connectivity index (χ4n) is 2.11. The number of aryl methyl sites for hydroxylation is 1. The van der Waals surface area contributed by atoms with Crippen LogP contribution in [0.1, 0.15) is 26.7 Å². The van der Waals surface area contributed by atoms with Gasteiger partial charge in [0, 0.05) is 13.1 Å². The number of sulfonamides is 1. The summed E-state index contributed by atoms with van der Waals surface area (Å²) in [5.41, 5.74) is 0.751. The van der Waals surface area contributed by atoms with Gasteiger partial charge in [-0.3, -0.25) is 4.79 Å². The Labute approximate surface area is 122 Å². The first-order chi connectivity index (χ1) is 9.35. The number of hydrogen-bond donors (Lipinski definition) is 1. The zero-order valence-corrected chi connectivity index (χ0v) is 13.3. The van der Waals surface area contributed by atoms with E-state index < -0.39 is 10.0 Å². The first-order valence-corrected chi connectivity index (χ1v) is 8.77. The number of fused-ring (bicyclic) bond motifs is 1. The molecule has 0 radical (unpaired) electrons. The molecule has 5 nitrogen and oxygen atoms in total. The van der Waals surface area contributed by atoms with Crippen molar-refractivity contribution in [2.24, 2.45) is 7.05 Å². The molecule has 1 N–H and O–H groups in total. The van der Waals surface area contributed by atoms with Crippen LogP contribution >= 0.6 is 11.3 Å². The quantitative estimate of drug-likeness (QED) is 0.918. The van der Waals surface area contributed by atoms with Gasteiger partial charge in [-0.1, -0.05) is 24.7 Å². The summed E-state index contributed by atoms with van der Waals surface area (Å²) in [4.78, 5) is 11.7. The van der Waals surface area contributed by atoms with Crippen molar-refractivity contribution in [1.29, 1.82) is 0 Å². The van der Waals surface area contributed by atoms with Crippen molar-refractivity contribution in [3.8, 4) is 0 Å². The van der Waals surface area contributed by atoms with Gasteiger partial charge in [0.15, 0.2) is 0 Å². The lowest BCUT2D eigenvalue weighted by Crippen LogP contribution is -2.32. The van der Waals surface area contributed by atoms with Crippen molar-refractivity contribution < 1.29 is 8.42 Å². The summed E-state index contributed by atoms with van der Waals surface area (Å²) in [6.45, 7) is 3.86. The van der Waals surface area contributed by atoms with Crippen LogP contribution in [0, 0.1) is 0 Å². The van der Waals surface area contributed by atoms with Gasteiger partial charge < -0.3 is 4.57 Å². The predicted molar refractivity (Wildman–Crippen MR) is 81.8 cm³/mol. The molecule has 0 unspecified atom stereocenters. The molecule has 1 atom stereocenters. The first kappa shape index (κ1) is 15.2. The molecule has 0 bridgehead atoms. The molecular weight excluding hydrogens is 296 g/mol. The standard InChI is InChI=1S/C13H18N2O3S2/c1-4-5-9(2)14-20(17,18)10-6-7-11-12(8-10)19-13(16)15(11)3/h6-9,14H,4-5H2,1-3H3/t9-/m0/s1. The third-order valence-corrected chi connectivity index (χ3v) is 5.73. The minimum atomic E-state index is -3.53. The minimum Gasteiger partial charge on any atom is -0.302 e. The maximum atomic E-state index is 12.3. The van der Waals surface area contributed by atoms with Gasteiger partial charge in [-0.25, -0.2) is 13.1 Å². The molecule has 0 amide bonds. The number of benzene rings is 1. The summed E-state index contributed by atoms with van der Waals surface area (Å²) >= 11 is 1.05. The lowest BCUT2D eigenvalue weighted by molar-refractivity contribution is 0.544. The number of hydrogen-bond acceptors (Lipinski definition) is 4. The zero-order chi connectivity index (χ0) is 14.9. The number of rotatable bonds is 5. The molecule has 0 fully saturated rings. The Morgan fingerprint density at radius 2 is 2.10 bits per heavy atom. The Morgan fingerprint density at radius 1 is 1.40 bits per heavy atom. The van der Waals surface area contributed by atoms with Gasteiger partial charge >= 0.3 is 4.87 Å². The van der Waals surface area contributed by atoms with Gasteiger partial charge in [0.05, 0.1) is 15.1 Å². The molecule has 0 saturated carbocycles. The van der Waals surface area contributed by atoms with E-state index in [1.54, 1.807) is 19.2 Å². The highest BCUT2D eigenvalue weighted by atomic mass is 32.2. The molecular formula is C13H18N2O3S2. The van der Waals surface area contributed by atoms with Crippen LogP contribution in [0.2, 0.25) is 0 Å². The van der Waals surface area contributed by atoms with Crippen LogP contribution in [0.3, 0.4) is 0 Å². The number of nitrogens with one attached hydrogen (secondary N) is 1. The molecule has 1 aromatic carbocycles. The molecule has 0 aliphatic carbocycles. The largest absolute Gasteiger partial charge is 0.307 e. The molecule has 0 aliphatic rings. The molecule has 20 heavy (non-hydrogen) atoms. The maximum absolute atomic E-state index is 12.3. The van der Waals surface area contributed by atoms with Crippen molar-refractivity contribution in [3.05, 3.63) is 27.9 Å². The predicted octanol–water partition coefficient (Wildman–Crippen LogP) is 2.07. The normalized spacial score (nSPS) is 13.8. The average molecular weight is 314 g/mol. The lowest BCUT2D eigenvalue weighted by Gasteiger charge is -2.13. The van der Waals surface area contributed by atoms with Gasteiger partial charge in [0.25, 0.3) is 0 Å². The fraction of sp³-hybridized carbons (Fsp3) is 0.462. The van der Waals surface area contributed by atoms with Crippen LogP contribution in [0.5, 0.6) is 0 Å². The second-order valence-corrected chi connectivity index (χ2v) is 7.57. The van der Waals surface area contributed by atoms with Crippen LogP contribution in [-0.4, -0.2) is 19.0 Å². The summed E-state index contributed by atoms with van der Waals surface area (Å²) in [6, 6.07) is 4.67. The van der Waals surface area contributed by atoms with Gasteiger partial charge in [-0.15, -0.1) is 0 Å². The lowest BCUT2D eigenvalue weighted by atomic mass is 10.2. The number of thiazole rings is 1. The Bertz CT molecular complexity index is 775. The van der Waals surface area contributed by atoms with Crippen LogP contribution in [0.4, 0.5) is 0 Å². The second kappa shape index (κ2) is 5.67. The molecule has 2 aromatic rings. The highest BCUT2D eigenvalue weighted by Gasteiger charge is 2.18. The first-order valence-electron chi connectivity index (χ1n) is 6.47. The highest BCUT2D eigenvalue weighted by molar-refractivity contribution is 7.89. The topological polar surface area (TPSA) is 68.2 Å². The number of nitrogens with zero attached hydrogens (tertiary/aromatic N) is 1. The summed E-state index contributed by atoms with van der Waals surface area (Å²) in [7, 11) is -1.85.